The Kier molecular flexibility index (Phi) is 6.89. The van der Waals surface area contributed by atoms with E-state index in [0.29, 0.717) is 22.0 Å². The van der Waals surface area contributed by atoms with E-state index in [0.717, 1.165) is 12.1 Å². The van der Waals surface area contributed by atoms with Crippen LogP contribution in [0.4, 0.5) is 15.8 Å². The van der Waals surface area contributed by atoms with Crippen molar-refractivity contribution in [3.63, 3.8) is 0 Å². The summed E-state index contributed by atoms with van der Waals surface area (Å²) < 4.78 is 40.9. The van der Waals surface area contributed by atoms with Gasteiger partial charge in [0.25, 0.3) is 15.9 Å². The zero-order valence-electron chi connectivity index (χ0n) is 16.1. The second kappa shape index (κ2) is 9.42. The van der Waals surface area contributed by atoms with Gasteiger partial charge in [-0.25, -0.2) is 12.8 Å². The maximum absolute atomic E-state index is 13.0. The van der Waals surface area contributed by atoms with Crippen molar-refractivity contribution in [2.75, 3.05) is 10.0 Å². The predicted molar refractivity (Wildman–Crippen MR) is 124 cm³/mol. The molecule has 31 heavy (non-hydrogen) atoms. The van der Waals surface area contributed by atoms with Gasteiger partial charge >= 0.3 is 0 Å². The van der Waals surface area contributed by atoms with Crippen molar-refractivity contribution in [1.82, 2.24) is 5.32 Å². The molecule has 3 rings (SSSR count). The fourth-order valence-electron chi connectivity index (χ4n) is 2.60. The molecule has 0 aliphatic rings. The van der Waals surface area contributed by atoms with E-state index in [1.54, 1.807) is 31.2 Å². The molecule has 6 nitrogen and oxygen atoms in total. The second-order valence-electron chi connectivity index (χ2n) is 6.51. The van der Waals surface area contributed by atoms with Crippen molar-refractivity contribution in [2.24, 2.45) is 0 Å². The Morgan fingerprint density at radius 1 is 1.03 bits per heavy atom. The normalized spacial score (nSPS) is 10.9. The smallest absolute Gasteiger partial charge is 0.261 e. The van der Waals surface area contributed by atoms with Gasteiger partial charge in [-0.15, -0.1) is 0 Å². The van der Waals surface area contributed by atoms with Crippen molar-refractivity contribution in [3.8, 4) is 0 Å². The SMILES string of the molecule is Cc1ccc(S(=O)(=O)Nc2cccc(Cl)c2)cc1NC(=S)NC(=O)c1ccc(F)cc1. The number of carbonyl (C=O) groups excluding carboxylic acids is 1. The molecule has 3 aromatic rings. The Balaban J connectivity index is 1.75. The molecule has 0 aromatic heterocycles. The van der Waals surface area contributed by atoms with Gasteiger partial charge in [-0.1, -0.05) is 23.7 Å². The van der Waals surface area contributed by atoms with Gasteiger partial charge < -0.3 is 5.32 Å². The third kappa shape index (κ3) is 6.00. The number of rotatable bonds is 5. The lowest BCUT2D eigenvalue weighted by molar-refractivity contribution is 0.0977. The Hall–Kier alpha value is -3.01. The Labute approximate surface area is 189 Å². The first kappa shape index (κ1) is 22.7. The molecule has 0 bridgehead atoms. The molecule has 0 atom stereocenters. The summed E-state index contributed by atoms with van der Waals surface area (Å²) in [4.78, 5) is 12.2. The van der Waals surface area contributed by atoms with Crippen molar-refractivity contribution in [2.45, 2.75) is 11.8 Å². The molecule has 1 amide bonds. The van der Waals surface area contributed by atoms with Gasteiger partial charge in [0.1, 0.15) is 5.82 Å². The standard InChI is InChI=1S/C21H17ClFN3O3S2/c1-13-5-10-18(31(28,29)26-17-4-2-3-15(22)11-17)12-19(13)24-21(30)25-20(27)14-6-8-16(23)9-7-14/h2-12,26H,1H3,(H2,24,25,27,30). The van der Waals surface area contributed by atoms with Gasteiger partial charge in [-0.05, 0) is 79.3 Å². The third-order valence-corrected chi connectivity index (χ3v) is 6.00. The van der Waals surface area contributed by atoms with Crippen molar-refractivity contribution in [3.05, 3.63) is 88.7 Å². The number of nitrogens with one attached hydrogen (secondary N) is 3. The highest BCUT2D eigenvalue weighted by atomic mass is 35.5. The van der Waals surface area contributed by atoms with E-state index in [1.165, 1.54) is 30.3 Å². The Morgan fingerprint density at radius 2 is 1.74 bits per heavy atom. The van der Waals surface area contributed by atoms with Gasteiger partial charge in [0, 0.05) is 16.3 Å². The van der Waals surface area contributed by atoms with Crippen LogP contribution in [0.5, 0.6) is 0 Å². The number of aryl methyl sites for hydroxylation is 1. The number of halogens is 2. The number of thiocarbonyl (C=S) groups is 1. The Morgan fingerprint density at radius 3 is 2.42 bits per heavy atom. The van der Waals surface area contributed by atoms with E-state index < -0.39 is 21.7 Å². The van der Waals surface area contributed by atoms with Crippen LogP contribution in [0.2, 0.25) is 5.02 Å². The largest absolute Gasteiger partial charge is 0.332 e. The molecule has 0 heterocycles. The van der Waals surface area contributed by atoms with Crippen LogP contribution in [0.25, 0.3) is 0 Å². The zero-order chi connectivity index (χ0) is 22.6. The summed E-state index contributed by atoms with van der Waals surface area (Å²) in [5, 5.41) is 5.66. The lowest BCUT2D eigenvalue weighted by atomic mass is 10.2. The minimum Gasteiger partial charge on any atom is -0.332 e. The average molecular weight is 478 g/mol. The van der Waals surface area contributed by atoms with Gasteiger partial charge in [0.05, 0.1) is 10.6 Å². The molecule has 0 aliphatic heterocycles. The highest BCUT2D eigenvalue weighted by Gasteiger charge is 2.17. The fourth-order valence-corrected chi connectivity index (χ4v) is 4.07. The van der Waals surface area contributed by atoms with Crippen LogP contribution in [0.3, 0.4) is 0 Å². The van der Waals surface area contributed by atoms with E-state index in [9.17, 15) is 17.6 Å². The molecule has 0 aliphatic carbocycles. The highest BCUT2D eigenvalue weighted by molar-refractivity contribution is 7.92. The monoisotopic (exact) mass is 477 g/mol. The van der Waals surface area contributed by atoms with Crippen LogP contribution in [0.1, 0.15) is 15.9 Å². The summed E-state index contributed by atoms with van der Waals surface area (Å²) in [7, 11) is -3.89. The van der Waals surface area contributed by atoms with E-state index in [-0.39, 0.29) is 15.6 Å². The molecule has 10 heteroatoms. The minimum atomic E-state index is -3.89. The molecular formula is C21H17ClFN3O3S2. The summed E-state index contributed by atoms with van der Waals surface area (Å²) in [6.07, 6.45) is 0. The number of hydrogen-bond acceptors (Lipinski definition) is 4. The van der Waals surface area contributed by atoms with Crippen molar-refractivity contribution < 1.29 is 17.6 Å². The number of carbonyl (C=O) groups is 1. The summed E-state index contributed by atoms with van der Waals surface area (Å²) in [5.41, 5.74) is 1.66. The van der Waals surface area contributed by atoms with E-state index in [1.807, 2.05) is 0 Å². The van der Waals surface area contributed by atoms with E-state index in [4.69, 9.17) is 23.8 Å². The zero-order valence-corrected chi connectivity index (χ0v) is 18.5. The topological polar surface area (TPSA) is 87.3 Å². The number of benzene rings is 3. The molecule has 0 fully saturated rings. The molecule has 0 spiro atoms. The van der Waals surface area contributed by atoms with Crippen molar-refractivity contribution in [1.29, 1.82) is 0 Å². The Bertz CT molecular complexity index is 1250. The fraction of sp³-hybridized carbons (Fsp3) is 0.0476. The summed E-state index contributed by atoms with van der Waals surface area (Å²) in [6.45, 7) is 1.76. The van der Waals surface area contributed by atoms with E-state index in [2.05, 4.69) is 15.4 Å². The first-order valence-electron chi connectivity index (χ1n) is 8.91. The number of anilines is 2. The average Bonchev–Trinajstić information content (AvgIpc) is 2.69. The number of amides is 1. The van der Waals surface area contributed by atoms with Gasteiger partial charge in [-0.2, -0.15) is 0 Å². The molecule has 0 unspecified atom stereocenters. The summed E-state index contributed by atoms with van der Waals surface area (Å²) in [5.74, 6) is -0.987. The van der Waals surface area contributed by atoms with Gasteiger partial charge in [0.2, 0.25) is 0 Å². The minimum absolute atomic E-state index is 0.00626. The molecule has 3 N–H and O–H groups in total. The van der Waals surface area contributed by atoms with Crippen LogP contribution >= 0.6 is 23.8 Å². The predicted octanol–water partition coefficient (Wildman–Crippen LogP) is 4.72. The lowest BCUT2D eigenvalue weighted by Gasteiger charge is -2.14. The first-order chi connectivity index (χ1) is 14.6. The van der Waals surface area contributed by atoms with Crippen LogP contribution < -0.4 is 15.4 Å². The summed E-state index contributed by atoms with van der Waals surface area (Å²) in [6, 6.07) is 15.8. The van der Waals surface area contributed by atoms with Gasteiger partial charge in [0.15, 0.2) is 5.11 Å². The highest BCUT2D eigenvalue weighted by Crippen LogP contribution is 2.23. The maximum atomic E-state index is 13.0. The molecule has 0 saturated heterocycles. The number of sulfonamides is 1. The van der Waals surface area contributed by atoms with Crippen LogP contribution in [-0.4, -0.2) is 19.4 Å². The maximum Gasteiger partial charge on any atom is 0.261 e. The second-order valence-corrected chi connectivity index (χ2v) is 9.03. The number of hydrogen-bond donors (Lipinski definition) is 3. The van der Waals surface area contributed by atoms with Crippen molar-refractivity contribution >= 4 is 56.2 Å². The lowest BCUT2D eigenvalue weighted by Crippen LogP contribution is -2.34. The first-order valence-corrected chi connectivity index (χ1v) is 11.2. The molecular weight excluding hydrogens is 461 g/mol. The quantitative estimate of drug-likeness (QED) is 0.463. The molecule has 0 saturated carbocycles. The molecule has 160 valence electrons. The third-order valence-electron chi connectivity index (χ3n) is 4.18. The molecule has 0 radical (unpaired) electrons. The van der Waals surface area contributed by atoms with Crippen LogP contribution in [0.15, 0.2) is 71.6 Å². The van der Waals surface area contributed by atoms with E-state index >= 15 is 0 Å². The van der Waals surface area contributed by atoms with Crippen LogP contribution in [-0.2, 0) is 10.0 Å². The molecule has 3 aromatic carbocycles. The summed E-state index contributed by atoms with van der Waals surface area (Å²) >= 11 is 11.1. The van der Waals surface area contributed by atoms with Crippen LogP contribution in [0, 0.1) is 12.7 Å². The van der Waals surface area contributed by atoms with Gasteiger partial charge in [-0.3, -0.25) is 14.8 Å².